The molecule has 3 rings (SSSR count). The van der Waals surface area contributed by atoms with Crippen molar-refractivity contribution < 1.29 is 9.53 Å². The van der Waals surface area contributed by atoms with Crippen LogP contribution in [0.1, 0.15) is 43.2 Å². The molecule has 7 heteroatoms. The van der Waals surface area contributed by atoms with E-state index < -0.39 is 5.60 Å². The zero-order valence-electron chi connectivity index (χ0n) is 15.5. The van der Waals surface area contributed by atoms with Gasteiger partial charge < -0.3 is 10.1 Å². The van der Waals surface area contributed by atoms with E-state index in [1.807, 2.05) is 39.0 Å². The van der Waals surface area contributed by atoms with Crippen molar-refractivity contribution in [2.24, 2.45) is 0 Å². The molecule has 27 heavy (non-hydrogen) atoms. The zero-order chi connectivity index (χ0) is 19.6. The normalized spacial score (nSPS) is 13.1. The van der Waals surface area contributed by atoms with E-state index in [2.05, 4.69) is 16.4 Å². The maximum atomic E-state index is 12.3. The molecule has 1 aliphatic rings. The van der Waals surface area contributed by atoms with Crippen LogP contribution >= 0.6 is 11.6 Å². The van der Waals surface area contributed by atoms with Crippen LogP contribution in [0.15, 0.2) is 30.3 Å². The first-order valence-electron chi connectivity index (χ1n) is 8.64. The lowest BCUT2D eigenvalue weighted by atomic mass is 10.1. The lowest BCUT2D eigenvalue weighted by Crippen LogP contribution is -2.33. The Labute approximate surface area is 163 Å². The van der Waals surface area contributed by atoms with Crippen LogP contribution in [0.25, 0.3) is 0 Å². The predicted octanol–water partition coefficient (Wildman–Crippen LogP) is 4.47. The predicted molar refractivity (Wildman–Crippen MR) is 103 cm³/mol. The maximum Gasteiger partial charge on any atom is 0.410 e. The summed E-state index contributed by atoms with van der Waals surface area (Å²) in [7, 11) is 0. The molecule has 0 saturated heterocycles. The van der Waals surface area contributed by atoms with Gasteiger partial charge in [0.1, 0.15) is 17.5 Å². The first kappa shape index (κ1) is 19.0. The minimum atomic E-state index is -0.505. The number of amides is 1. The molecular formula is C20H21ClN4O2. The number of carbonyl (C=O) groups is 1. The Morgan fingerprint density at radius 2 is 2.04 bits per heavy atom. The number of nitrogens with one attached hydrogen (secondary N) is 1. The molecule has 0 aliphatic carbocycles. The molecule has 0 saturated carbocycles. The molecule has 6 nitrogen and oxygen atoms in total. The number of rotatable bonds is 3. The summed E-state index contributed by atoms with van der Waals surface area (Å²) in [6, 6.07) is 11.5. The number of hydrogen-bond acceptors (Lipinski definition) is 5. The Morgan fingerprint density at radius 3 is 2.74 bits per heavy atom. The monoisotopic (exact) mass is 384 g/mol. The van der Waals surface area contributed by atoms with Crippen molar-refractivity contribution in [1.82, 2.24) is 9.88 Å². The lowest BCUT2D eigenvalue weighted by Gasteiger charge is -2.24. The Kier molecular flexibility index (Phi) is 5.24. The SMILES string of the molecule is CC(C)(C)OC(=O)N1Cc2ccc(CNc3ccc(Cl)c(C#N)n3)cc2C1. The molecule has 1 N–H and O–H groups in total. The number of aromatic nitrogens is 1. The van der Waals surface area contributed by atoms with Gasteiger partial charge in [-0.1, -0.05) is 29.8 Å². The van der Waals surface area contributed by atoms with E-state index in [9.17, 15) is 4.79 Å². The van der Waals surface area contributed by atoms with Crippen molar-refractivity contribution in [3.63, 3.8) is 0 Å². The van der Waals surface area contributed by atoms with Crippen LogP contribution in [0.5, 0.6) is 0 Å². The molecule has 2 heterocycles. The Morgan fingerprint density at radius 1 is 1.30 bits per heavy atom. The molecule has 0 unspecified atom stereocenters. The van der Waals surface area contributed by atoms with Gasteiger partial charge in [0.15, 0.2) is 5.69 Å². The van der Waals surface area contributed by atoms with Crippen molar-refractivity contribution in [3.05, 3.63) is 57.7 Å². The smallest absolute Gasteiger partial charge is 0.410 e. The zero-order valence-corrected chi connectivity index (χ0v) is 16.3. The number of ether oxygens (including phenoxy) is 1. The maximum absolute atomic E-state index is 12.3. The van der Waals surface area contributed by atoms with E-state index in [4.69, 9.17) is 21.6 Å². The van der Waals surface area contributed by atoms with Gasteiger partial charge in [-0.2, -0.15) is 5.26 Å². The summed E-state index contributed by atoms with van der Waals surface area (Å²) < 4.78 is 5.45. The summed E-state index contributed by atoms with van der Waals surface area (Å²) in [4.78, 5) is 18.1. The second-order valence-electron chi connectivity index (χ2n) is 7.43. The van der Waals surface area contributed by atoms with Crippen molar-refractivity contribution in [1.29, 1.82) is 5.26 Å². The molecule has 1 aromatic carbocycles. The molecular weight excluding hydrogens is 364 g/mol. The second kappa shape index (κ2) is 7.45. The van der Waals surface area contributed by atoms with Crippen LogP contribution in [-0.2, 0) is 24.4 Å². The highest BCUT2D eigenvalue weighted by atomic mass is 35.5. The van der Waals surface area contributed by atoms with Crippen molar-refractivity contribution >= 4 is 23.5 Å². The molecule has 0 radical (unpaired) electrons. The molecule has 0 atom stereocenters. The molecule has 1 aromatic heterocycles. The standard InChI is InChI=1S/C20H21ClN4O2/c1-20(2,3)27-19(26)25-11-14-5-4-13(8-15(14)12-25)10-23-18-7-6-16(21)17(9-22)24-18/h4-8H,10-12H2,1-3H3,(H,23,24). The Hall–Kier alpha value is -2.78. The summed E-state index contributed by atoms with van der Waals surface area (Å²) in [5.41, 5.74) is 3.00. The summed E-state index contributed by atoms with van der Waals surface area (Å²) in [6.07, 6.45) is -0.298. The molecule has 1 amide bonds. The van der Waals surface area contributed by atoms with Gasteiger partial charge >= 0.3 is 6.09 Å². The topological polar surface area (TPSA) is 78.2 Å². The minimum Gasteiger partial charge on any atom is -0.444 e. The lowest BCUT2D eigenvalue weighted by molar-refractivity contribution is 0.0242. The molecule has 140 valence electrons. The van der Waals surface area contributed by atoms with Crippen LogP contribution in [0, 0.1) is 11.3 Å². The van der Waals surface area contributed by atoms with Gasteiger partial charge in [0, 0.05) is 19.6 Å². The third-order valence-corrected chi connectivity index (χ3v) is 4.38. The van der Waals surface area contributed by atoms with Gasteiger partial charge in [0.25, 0.3) is 0 Å². The quantitative estimate of drug-likeness (QED) is 0.844. The van der Waals surface area contributed by atoms with Crippen LogP contribution < -0.4 is 5.32 Å². The average Bonchev–Trinajstić information content (AvgIpc) is 3.03. The van der Waals surface area contributed by atoms with E-state index in [1.165, 1.54) is 0 Å². The largest absolute Gasteiger partial charge is 0.444 e. The molecule has 0 bridgehead atoms. The van der Waals surface area contributed by atoms with Crippen molar-refractivity contribution in [2.75, 3.05) is 5.32 Å². The fourth-order valence-corrected chi connectivity index (χ4v) is 2.97. The molecule has 2 aromatic rings. The number of benzene rings is 1. The number of anilines is 1. The van der Waals surface area contributed by atoms with E-state index in [-0.39, 0.29) is 11.8 Å². The van der Waals surface area contributed by atoms with E-state index in [1.54, 1.807) is 17.0 Å². The molecule has 1 aliphatic heterocycles. The molecule has 0 spiro atoms. The fraction of sp³-hybridized carbons (Fsp3) is 0.350. The van der Waals surface area contributed by atoms with Crippen LogP contribution in [0.2, 0.25) is 5.02 Å². The number of fused-ring (bicyclic) bond motifs is 1. The Bertz CT molecular complexity index is 915. The first-order valence-corrected chi connectivity index (χ1v) is 9.02. The molecule has 0 fully saturated rings. The van der Waals surface area contributed by atoms with Crippen LogP contribution in [0.4, 0.5) is 10.6 Å². The number of pyridine rings is 1. The Balaban J connectivity index is 1.64. The first-order chi connectivity index (χ1) is 12.7. The van der Waals surface area contributed by atoms with Gasteiger partial charge in [0.2, 0.25) is 0 Å². The highest BCUT2D eigenvalue weighted by Gasteiger charge is 2.27. The third kappa shape index (κ3) is 4.69. The number of hydrogen-bond donors (Lipinski definition) is 1. The van der Waals surface area contributed by atoms with Gasteiger partial charge in [-0.05, 0) is 49.6 Å². The van der Waals surface area contributed by atoms with E-state index in [0.717, 1.165) is 16.7 Å². The van der Waals surface area contributed by atoms with Gasteiger partial charge in [-0.15, -0.1) is 0 Å². The summed E-state index contributed by atoms with van der Waals surface area (Å²) in [5, 5.41) is 12.5. The second-order valence-corrected chi connectivity index (χ2v) is 7.84. The summed E-state index contributed by atoms with van der Waals surface area (Å²) in [6.45, 7) is 7.23. The van der Waals surface area contributed by atoms with Gasteiger partial charge in [-0.3, -0.25) is 4.90 Å². The number of nitriles is 1. The fourth-order valence-electron chi connectivity index (χ4n) is 2.83. The van der Waals surface area contributed by atoms with E-state index >= 15 is 0 Å². The van der Waals surface area contributed by atoms with Crippen LogP contribution in [-0.4, -0.2) is 21.6 Å². The van der Waals surface area contributed by atoms with Gasteiger partial charge in [0.05, 0.1) is 5.02 Å². The summed E-state index contributed by atoms with van der Waals surface area (Å²) in [5.74, 6) is 0.590. The highest BCUT2D eigenvalue weighted by molar-refractivity contribution is 6.31. The average molecular weight is 385 g/mol. The minimum absolute atomic E-state index is 0.198. The number of carbonyl (C=O) groups excluding carboxylic acids is 1. The number of halogens is 1. The summed E-state index contributed by atoms with van der Waals surface area (Å²) >= 11 is 5.90. The van der Waals surface area contributed by atoms with Crippen molar-refractivity contribution in [3.8, 4) is 6.07 Å². The van der Waals surface area contributed by atoms with Gasteiger partial charge in [-0.25, -0.2) is 9.78 Å². The van der Waals surface area contributed by atoms with E-state index in [0.29, 0.717) is 30.5 Å². The third-order valence-electron chi connectivity index (χ3n) is 4.07. The van der Waals surface area contributed by atoms with Crippen molar-refractivity contribution in [2.45, 2.75) is 46.0 Å². The number of nitrogens with zero attached hydrogens (tertiary/aromatic N) is 3. The van der Waals surface area contributed by atoms with Crippen LogP contribution in [0.3, 0.4) is 0 Å². The highest BCUT2D eigenvalue weighted by Crippen LogP contribution is 2.26.